The number of rotatable bonds is 6. The minimum absolute atomic E-state index is 0.342. The van der Waals surface area contributed by atoms with Gasteiger partial charge in [0.05, 0.1) is 18.1 Å². The van der Waals surface area contributed by atoms with E-state index in [0.717, 1.165) is 29.0 Å². The van der Waals surface area contributed by atoms with Crippen LogP contribution in [0.4, 0.5) is 13.2 Å². The molecule has 0 saturated heterocycles. The number of hydrogen-bond acceptors (Lipinski definition) is 2. The first-order chi connectivity index (χ1) is 12.4. The highest BCUT2D eigenvalue weighted by Gasteiger charge is 2.47. The predicted molar refractivity (Wildman–Crippen MR) is 91.3 cm³/mol. The van der Waals surface area contributed by atoms with Gasteiger partial charge in [0, 0.05) is 0 Å². The first kappa shape index (κ1) is 18.2. The predicted octanol–water partition coefficient (Wildman–Crippen LogP) is 4.41. The molecule has 0 atom stereocenters. The monoisotopic (exact) mass is 365 g/mol. The molecule has 0 fully saturated rings. The fourth-order valence-corrected chi connectivity index (χ4v) is 3.25. The molecule has 3 rings (SSSR count). The largest absolute Gasteiger partial charge is 0.475 e. The Morgan fingerprint density at radius 3 is 2.58 bits per heavy atom. The van der Waals surface area contributed by atoms with E-state index in [-0.39, 0.29) is 0 Å². The number of nitrogens with zero attached hydrogens (tertiary/aromatic N) is 2. The van der Waals surface area contributed by atoms with Gasteiger partial charge in [-0.05, 0) is 30.4 Å². The molecular formula is C19H20F3N2O2+. The molecule has 0 saturated carbocycles. The average molecular weight is 365 g/mol. The lowest BCUT2D eigenvalue weighted by molar-refractivity contribution is -0.676. The number of pyridine rings is 1. The van der Waals surface area contributed by atoms with Crippen molar-refractivity contribution in [2.24, 2.45) is 0 Å². The number of aryl methyl sites for hydroxylation is 1. The SMILES string of the molecule is CCCCCC[n+]1c(O)c(C(=O)C(F)(F)F)n2ccc3ccccc3c21. The Balaban J connectivity index is 2.24. The molecule has 2 aromatic heterocycles. The Bertz CT molecular complexity index is 961. The van der Waals surface area contributed by atoms with Gasteiger partial charge in [0.2, 0.25) is 0 Å². The van der Waals surface area contributed by atoms with Crippen molar-refractivity contribution < 1.29 is 27.6 Å². The van der Waals surface area contributed by atoms with Crippen molar-refractivity contribution in [2.75, 3.05) is 0 Å². The average Bonchev–Trinajstić information content (AvgIpc) is 2.89. The third-order valence-corrected chi connectivity index (χ3v) is 4.50. The van der Waals surface area contributed by atoms with E-state index in [9.17, 15) is 23.1 Å². The minimum Gasteiger partial charge on any atom is -0.475 e. The first-order valence-electron chi connectivity index (χ1n) is 8.62. The van der Waals surface area contributed by atoms with Crippen LogP contribution in [0.2, 0.25) is 0 Å². The molecule has 1 N–H and O–H groups in total. The van der Waals surface area contributed by atoms with Gasteiger partial charge in [-0.2, -0.15) is 22.1 Å². The number of unbranched alkanes of at least 4 members (excludes halogenated alkanes) is 3. The molecular weight excluding hydrogens is 345 g/mol. The minimum atomic E-state index is -5.06. The number of benzene rings is 1. The topological polar surface area (TPSA) is 45.6 Å². The zero-order valence-electron chi connectivity index (χ0n) is 14.4. The molecule has 0 bridgehead atoms. The summed E-state index contributed by atoms with van der Waals surface area (Å²) in [4.78, 5) is 11.9. The summed E-state index contributed by atoms with van der Waals surface area (Å²) in [6, 6.07) is 8.85. The van der Waals surface area contributed by atoms with Crippen molar-refractivity contribution >= 4 is 22.2 Å². The molecule has 0 aliphatic rings. The standard InChI is InChI=1S/C19H19F3N2O2/c1-2-3-4-7-11-24-17-14-9-6-5-8-13(14)10-12-23(17)15(18(24)26)16(25)19(20,21)22/h5-6,8-10,12H,2-4,7,11H2,1H3/p+1. The van der Waals surface area contributed by atoms with E-state index in [2.05, 4.69) is 6.92 Å². The van der Waals surface area contributed by atoms with Gasteiger partial charge in [0.25, 0.3) is 11.3 Å². The van der Waals surface area contributed by atoms with E-state index < -0.39 is 23.5 Å². The van der Waals surface area contributed by atoms with E-state index in [0.29, 0.717) is 24.0 Å². The number of Topliss-reactive ketones (excluding diaryl/α,β-unsaturated/α-hetero) is 1. The normalized spacial score (nSPS) is 12.2. The summed E-state index contributed by atoms with van der Waals surface area (Å²) in [5, 5.41) is 12.0. The van der Waals surface area contributed by atoms with E-state index in [1.165, 1.54) is 10.8 Å². The second-order valence-electron chi connectivity index (χ2n) is 6.31. The summed E-state index contributed by atoms with van der Waals surface area (Å²) in [6.45, 7) is 2.40. The quantitative estimate of drug-likeness (QED) is 0.400. The van der Waals surface area contributed by atoms with Gasteiger partial charge in [-0.15, -0.1) is 0 Å². The molecule has 2 heterocycles. The number of aromatic nitrogens is 2. The zero-order valence-corrected chi connectivity index (χ0v) is 14.4. The van der Waals surface area contributed by atoms with Crippen LogP contribution in [0, 0.1) is 0 Å². The number of imidazole rings is 1. The Labute approximate surface area is 148 Å². The maximum atomic E-state index is 13.0. The van der Waals surface area contributed by atoms with Gasteiger partial charge in [0.1, 0.15) is 0 Å². The number of alkyl halides is 3. The van der Waals surface area contributed by atoms with Crippen LogP contribution in [0.25, 0.3) is 16.4 Å². The highest BCUT2D eigenvalue weighted by Crippen LogP contribution is 2.29. The van der Waals surface area contributed by atoms with Crippen molar-refractivity contribution in [3.8, 4) is 5.88 Å². The lowest BCUT2D eigenvalue weighted by Gasteiger charge is -2.01. The second-order valence-corrected chi connectivity index (χ2v) is 6.31. The number of halogens is 3. The Kier molecular flexibility index (Phi) is 4.89. The molecule has 3 aromatic rings. The van der Waals surface area contributed by atoms with Crippen LogP contribution in [0.15, 0.2) is 36.5 Å². The second kappa shape index (κ2) is 6.97. The van der Waals surface area contributed by atoms with Crippen LogP contribution in [0.5, 0.6) is 5.88 Å². The van der Waals surface area contributed by atoms with Crippen LogP contribution in [0.1, 0.15) is 43.1 Å². The smallest absolute Gasteiger partial charge is 0.459 e. The summed E-state index contributed by atoms with van der Waals surface area (Å²) in [7, 11) is 0. The third kappa shape index (κ3) is 3.13. The summed E-state index contributed by atoms with van der Waals surface area (Å²) in [6.07, 6.45) is -0.0331. The molecule has 26 heavy (non-hydrogen) atoms. The molecule has 0 amide bonds. The zero-order chi connectivity index (χ0) is 18.9. The lowest BCUT2D eigenvalue weighted by atomic mass is 10.1. The summed E-state index contributed by atoms with van der Waals surface area (Å²) in [5.74, 6) is -2.69. The maximum absolute atomic E-state index is 13.0. The third-order valence-electron chi connectivity index (χ3n) is 4.50. The molecule has 0 unspecified atom stereocenters. The molecule has 4 nitrogen and oxygen atoms in total. The summed E-state index contributed by atoms with van der Waals surface area (Å²) in [5.41, 5.74) is -0.349. The fourth-order valence-electron chi connectivity index (χ4n) is 3.25. The summed E-state index contributed by atoms with van der Waals surface area (Å²) < 4.78 is 41.7. The van der Waals surface area contributed by atoms with Gasteiger partial charge < -0.3 is 5.11 Å². The Morgan fingerprint density at radius 2 is 1.88 bits per heavy atom. The van der Waals surface area contributed by atoms with Crippen LogP contribution in [-0.4, -0.2) is 21.5 Å². The van der Waals surface area contributed by atoms with Crippen molar-refractivity contribution in [3.05, 3.63) is 42.2 Å². The van der Waals surface area contributed by atoms with Gasteiger partial charge >= 0.3 is 17.8 Å². The number of carbonyl (C=O) groups excluding carboxylic acids is 1. The summed E-state index contributed by atoms with van der Waals surface area (Å²) >= 11 is 0. The van der Waals surface area contributed by atoms with Crippen LogP contribution < -0.4 is 4.57 Å². The van der Waals surface area contributed by atoms with Crippen molar-refractivity contribution in [2.45, 2.75) is 45.3 Å². The maximum Gasteiger partial charge on any atom is 0.459 e. The molecule has 0 radical (unpaired) electrons. The fraction of sp³-hybridized carbons (Fsp3) is 0.368. The molecule has 0 aliphatic heterocycles. The number of carbonyl (C=O) groups is 1. The molecule has 138 valence electrons. The molecule has 0 aliphatic carbocycles. The van der Waals surface area contributed by atoms with Crippen molar-refractivity contribution in [3.63, 3.8) is 0 Å². The van der Waals surface area contributed by atoms with Gasteiger partial charge in [-0.3, -0.25) is 4.79 Å². The number of fused-ring (bicyclic) bond motifs is 3. The number of aromatic hydroxyl groups is 1. The number of ketones is 1. The Hall–Kier alpha value is -2.57. The number of hydrogen-bond donors (Lipinski definition) is 1. The van der Waals surface area contributed by atoms with E-state index in [1.54, 1.807) is 18.2 Å². The van der Waals surface area contributed by atoms with Crippen molar-refractivity contribution in [1.29, 1.82) is 0 Å². The van der Waals surface area contributed by atoms with Crippen molar-refractivity contribution in [1.82, 2.24) is 4.40 Å². The molecule has 7 heteroatoms. The highest BCUT2D eigenvalue weighted by molar-refractivity contribution is 6.02. The van der Waals surface area contributed by atoms with Crippen LogP contribution >= 0.6 is 0 Å². The Morgan fingerprint density at radius 1 is 1.15 bits per heavy atom. The van der Waals surface area contributed by atoms with E-state index in [1.807, 2.05) is 12.1 Å². The van der Waals surface area contributed by atoms with E-state index >= 15 is 0 Å². The van der Waals surface area contributed by atoms with Gasteiger partial charge in [-0.1, -0.05) is 38.0 Å². The first-order valence-corrected chi connectivity index (χ1v) is 8.62. The lowest BCUT2D eigenvalue weighted by Crippen LogP contribution is -2.33. The van der Waals surface area contributed by atoms with Crippen LogP contribution in [0.3, 0.4) is 0 Å². The molecule has 0 spiro atoms. The molecule has 1 aromatic carbocycles. The van der Waals surface area contributed by atoms with E-state index in [4.69, 9.17) is 0 Å². The van der Waals surface area contributed by atoms with Gasteiger partial charge in [0.15, 0.2) is 0 Å². The van der Waals surface area contributed by atoms with Crippen LogP contribution in [-0.2, 0) is 6.54 Å². The van der Waals surface area contributed by atoms with Gasteiger partial charge in [-0.25, -0.2) is 0 Å². The highest BCUT2D eigenvalue weighted by atomic mass is 19.4.